The molecule has 2 aliphatic rings. The molecule has 0 atom stereocenters. The van der Waals surface area contributed by atoms with E-state index in [0.29, 0.717) is 49.7 Å². The molecule has 2 aromatic carbocycles. The van der Waals surface area contributed by atoms with Gasteiger partial charge in [0.1, 0.15) is 11.5 Å². The molecule has 1 fully saturated rings. The molecule has 4 rings (SSSR count). The van der Waals surface area contributed by atoms with Crippen LogP contribution < -0.4 is 4.90 Å². The lowest BCUT2D eigenvalue weighted by Gasteiger charge is -2.28. The van der Waals surface area contributed by atoms with Crippen molar-refractivity contribution in [1.29, 1.82) is 0 Å². The van der Waals surface area contributed by atoms with Crippen LogP contribution in [0.1, 0.15) is 12.5 Å². The van der Waals surface area contributed by atoms with Crippen LogP contribution in [0.2, 0.25) is 0 Å². The van der Waals surface area contributed by atoms with E-state index in [1.807, 2.05) is 42.2 Å². The van der Waals surface area contributed by atoms with Crippen LogP contribution in [0.3, 0.4) is 0 Å². The summed E-state index contributed by atoms with van der Waals surface area (Å²) < 4.78 is 18.9. The number of amides is 2. The highest BCUT2D eigenvalue weighted by atomic mass is 19.1. The average Bonchev–Trinajstić information content (AvgIpc) is 3.05. The van der Waals surface area contributed by atoms with E-state index in [0.717, 1.165) is 18.8 Å². The number of nitrogens with zero attached hydrogens (tertiary/aromatic N) is 3. The molecule has 0 spiro atoms. The van der Waals surface area contributed by atoms with Gasteiger partial charge in [-0.1, -0.05) is 30.3 Å². The summed E-state index contributed by atoms with van der Waals surface area (Å²) in [7, 11) is 0. The molecule has 2 amide bonds. The van der Waals surface area contributed by atoms with Crippen molar-refractivity contribution in [3.05, 3.63) is 71.7 Å². The summed E-state index contributed by atoms with van der Waals surface area (Å²) in [6.45, 7) is 6.24. The number of carbonyl (C=O) groups is 2. The molecule has 0 N–H and O–H groups in total. The number of hydrogen-bond donors (Lipinski definition) is 0. The van der Waals surface area contributed by atoms with E-state index in [-0.39, 0.29) is 17.6 Å². The van der Waals surface area contributed by atoms with Gasteiger partial charge in [0.15, 0.2) is 0 Å². The first-order valence-corrected chi connectivity index (χ1v) is 10.6. The number of ether oxygens (including phenoxy) is 1. The summed E-state index contributed by atoms with van der Waals surface area (Å²) in [5, 5.41) is 0. The minimum Gasteiger partial charge on any atom is -0.379 e. The van der Waals surface area contributed by atoms with Gasteiger partial charge in [-0.05, 0) is 36.8 Å². The first-order valence-electron chi connectivity index (χ1n) is 10.6. The fourth-order valence-electron chi connectivity index (χ4n) is 4.04. The summed E-state index contributed by atoms with van der Waals surface area (Å²) in [6, 6.07) is 15.3. The van der Waals surface area contributed by atoms with Gasteiger partial charge >= 0.3 is 0 Å². The SMILES string of the molecule is CCN(C1=C(c2ccc(F)cc2)C(=O)N(CCN2CCOCC2)C1=O)c1ccccc1. The zero-order valence-corrected chi connectivity index (χ0v) is 17.6. The second kappa shape index (κ2) is 9.41. The van der Waals surface area contributed by atoms with Crippen molar-refractivity contribution >= 4 is 23.1 Å². The monoisotopic (exact) mass is 423 g/mol. The van der Waals surface area contributed by atoms with Crippen LogP contribution in [0.4, 0.5) is 10.1 Å². The predicted octanol–water partition coefficient (Wildman–Crippen LogP) is 2.76. The van der Waals surface area contributed by atoms with Crippen molar-refractivity contribution in [2.45, 2.75) is 6.92 Å². The molecule has 0 radical (unpaired) electrons. The van der Waals surface area contributed by atoms with Crippen LogP contribution in [0.25, 0.3) is 5.57 Å². The number of carbonyl (C=O) groups excluding carboxylic acids is 2. The van der Waals surface area contributed by atoms with E-state index in [2.05, 4.69) is 4.90 Å². The number of hydrogen-bond acceptors (Lipinski definition) is 5. The Morgan fingerprint density at radius 1 is 0.935 bits per heavy atom. The van der Waals surface area contributed by atoms with Crippen molar-refractivity contribution in [3.8, 4) is 0 Å². The Morgan fingerprint density at radius 3 is 2.26 bits per heavy atom. The zero-order chi connectivity index (χ0) is 21.8. The molecular weight excluding hydrogens is 397 g/mol. The fraction of sp³-hybridized carbons (Fsp3) is 0.333. The van der Waals surface area contributed by atoms with Gasteiger partial charge in [0.05, 0.1) is 18.8 Å². The largest absolute Gasteiger partial charge is 0.379 e. The molecule has 162 valence electrons. The summed E-state index contributed by atoms with van der Waals surface area (Å²) in [6.07, 6.45) is 0. The van der Waals surface area contributed by atoms with Gasteiger partial charge in [0, 0.05) is 38.4 Å². The fourth-order valence-corrected chi connectivity index (χ4v) is 4.04. The van der Waals surface area contributed by atoms with E-state index in [9.17, 15) is 14.0 Å². The lowest BCUT2D eigenvalue weighted by atomic mass is 10.0. The smallest absolute Gasteiger partial charge is 0.278 e. The van der Waals surface area contributed by atoms with Crippen LogP contribution in [-0.4, -0.2) is 67.6 Å². The van der Waals surface area contributed by atoms with E-state index >= 15 is 0 Å². The first-order chi connectivity index (χ1) is 15.1. The van der Waals surface area contributed by atoms with Gasteiger partial charge in [-0.25, -0.2) is 4.39 Å². The third kappa shape index (κ3) is 4.38. The van der Waals surface area contributed by atoms with Gasteiger partial charge in [0.25, 0.3) is 11.8 Å². The van der Waals surface area contributed by atoms with Crippen molar-refractivity contribution in [2.24, 2.45) is 0 Å². The maximum absolute atomic E-state index is 13.5. The Balaban J connectivity index is 1.69. The number of imide groups is 1. The lowest BCUT2D eigenvalue weighted by Crippen LogP contribution is -2.44. The molecule has 2 aromatic rings. The van der Waals surface area contributed by atoms with Gasteiger partial charge < -0.3 is 9.64 Å². The average molecular weight is 423 g/mol. The Morgan fingerprint density at radius 2 is 1.61 bits per heavy atom. The van der Waals surface area contributed by atoms with Crippen molar-refractivity contribution in [2.75, 3.05) is 50.8 Å². The highest BCUT2D eigenvalue weighted by molar-refractivity contribution is 6.36. The topological polar surface area (TPSA) is 53.1 Å². The lowest BCUT2D eigenvalue weighted by molar-refractivity contribution is -0.137. The quantitative estimate of drug-likeness (QED) is 0.641. The molecule has 2 heterocycles. The number of anilines is 1. The molecule has 1 saturated heterocycles. The zero-order valence-electron chi connectivity index (χ0n) is 17.6. The maximum Gasteiger partial charge on any atom is 0.278 e. The second-order valence-corrected chi connectivity index (χ2v) is 7.53. The minimum absolute atomic E-state index is 0.304. The molecule has 2 aliphatic heterocycles. The Bertz CT molecular complexity index is 969. The van der Waals surface area contributed by atoms with Gasteiger partial charge in [0.2, 0.25) is 0 Å². The summed E-state index contributed by atoms with van der Waals surface area (Å²) in [4.78, 5) is 32.3. The van der Waals surface area contributed by atoms with Crippen molar-refractivity contribution in [1.82, 2.24) is 9.80 Å². The van der Waals surface area contributed by atoms with Crippen LogP contribution in [0.5, 0.6) is 0 Å². The minimum atomic E-state index is -0.387. The number of halogens is 1. The number of rotatable bonds is 7. The number of likely N-dealkylation sites (N-methyl/N-ethyl adjacent to an activating group) is 1. The number of para-hydroxylation sites is 1. The highest BCUT2D eigenvalue weighted by Gasteiger charge is 2.41. The molecule has 0 saturated carbocycles. The second-order valence-electron chi connectivity index (χ2n) is 7.53. The predicted molar refractivity (Wildman–Crippen MR) is 117 cm³/mol. The Labute approximate surface area is 181 Å². The first kappa shape index (κ1) is 21.2. The summed E-state index contributed by atoms with van der Waals surface area (Å²) >= 11 is 0. The molecule has 0 aliphatic carbocycles. The highest BCUT2D eigenvalue weighted by Crippen LogP contribution is 2.34. The van der Waals surface area contributed by atoms with Crippen molar-refractivity contribution in [3.63, 3.8) is 0 Å². The third-order valence-electron chi connectivity index (χ3n) is 5.67. The maximum atomic E-state index is 13.5. The van der Waals surface area contributed by atoms with Crippen LogP contribution in [-0.2, 0) is 14.3 Å². The van der Waals surface area contributed by atoms with Crippen molar-refractivity contribution < 1.29 is 18.7 Å². The molecule has 0 unspecified atom stereocenters. The van der Waals surface area contributed by atoms with Crippen LogP contribution in [0, 0.1) is 5.82 Å². The standard InChI is InChI=1S/C24H26FN3O3/c1-2-27(20-6-4-3-5-7-20)22-21(18-8-10-19(25)11-9-18)23(29)28(24(22)30)13-12-26-14-16-31-17-15-26/h3-11H,2,12-17H2,1H3. The normalized spacial score (nSPS) is 17.5. The summed E-state index contributed by atoms with van der Waals surface area (Å²) in [5.74, 6) is -1.04. The molecule has 31 heavy (non-hydrogen) atoms. The van der Waals surface area contributed by atoms with Crippen LogP contribution in [0.15, 0.2) is 60.3 Å². The molecule has 6 nitrogen and oxygen atoms in total. The third-order valence-corrected chi connectivity index (χ3v) is 5.67. The molecular formula is C24H26FN3O3. The molecule has 0 bridgehead atoms. The van der Waals surface area contributed by atoms with Gasteiger partial charge in [-0.2, -0.15) is 0 Å². The van der Waals surface area contributed by atoms with Gasteiger partial charge in [-0.15, -0.1) is 0 Å². The Kier molecular flexibility index (Phi) is 6.44. The molecule has 7 heteroatoms. The van der Waals surface area contributed by atoms with E-state index in [1.54, 1.807) is 12.1 Å². The van der Waals surface area contributed by atoms with E-state index in [1.165, 1.54) is 17.0 Å². The van der Waals surface area contributed by atoms with E-state index in [4.69, 9.17) is 4.74 Å². The number of morpholine rings is 1. The molecule has 0 aromatic heterocycles. The van der Waals surface area contributed by atoms with E-state index < -0.39 is 0 Å². The van der Waals surface area contributed by atoms with Gasteiger partial charge in [-0.3, -0.25) is 19.4 Å². The Hall–Kier alpha value is -3.03. The van der Waals surface area contributed by atoms with Crippen LogP contribution >= 0.6 is 0 Å². The summed E-state index contributed by atoms with van der Waals surface area (Å²) in [5.41, 5.74) is 2.03. The number of benzene rings is 2.